The van der Waals surface area contributed by atoms with E-state index >= 15 is 0 Å². The third-order valence-corrected chi connectivity index (χ3v) is 7.52. The molecule has 0 radical (unpaired) electrons. The maximum Gasteiger partial charge on any atom is 0.416 e. The van der Waals surface area contributed by atoms with Crippen LogP contribution in [0.5, 0.6) is 0 Å². The van der Waals surface area contributed by atoms with E-state index in [4.69, 9.17) is 4.42 Å². The van der Waals surface area contributed by atoms with Crippen molar-refractivity contribution < 1.29 is 30.8 Å². The minimum absolute atomic E-state index is 0.127. The van der Waals surface area contributed by atoms with Gasteiger partial charge in [-0.25, -0.2) is 8.42 Å². The Balaban J connectivity index is 1.76. The molecule has 11 heteroatoms. The Morgan fingerprint density at radius 1 is 1.09 bits per heavy atom. The lowest BCUT2D eigenvalue weighted by Gasteiger charge is -2.25. The molecular weight excluding hydrogens is 489 g/mol. The lowest BCUT2D eigenvalue weighted by atomic mass is 10.2. The number of aryl methyl sites for hydroxylation is 1. The molecule has 0 aliphatic heterocycles. The Kier molecular flexibility index (Phi) is 8.32. The topological polar surface area (TPSA) is 79.6 Å². The van der Waals surface area contributed by atoms with E-state index in [0.717, 1.165) is 29.5 Å². The summed E-state index contributed by atoms with van der Waals surface area (Å²) < 4.78 is 72.2. The number of nitrogens with one attached hydrogen (secondary N) is 1. The number of rotatable bonds is 10. The van der Waals surface area contributed by atoms with Crippen LogP contribution in [-0.4, -0.2) is 33.2 Å². The molecule has 0 aliphatic carbocycles. The highest BCUT2D eigenvalue weighted by Gasteiger charge is 2.33. The quantitative estimate of drug-likeness (QED) is 0.393. The first-order chi connectivity index (χ1) is 16.1. The standard InChI is InChI=1S/C23H23F3N2O4S2/c1-17-7-9-21(10-8-17)34(30,31)28(19-5-2-4-18(14-19)23(24,25)26)15-22(29)27-11-13-33-16-20-6-3-12-32-20/h2-10,12,14H,11,13,15-16H2,1H3,(H,27,29). The molecule has 1 amide bonds. The fourth-order valence-electron chi connectivity index (χ4n) is 3.01. The summed E-state index contributed by atoms with van der Waals surface area (Å²) in [5.41, 5.74) is -0.448. The van der Waals surface area contributed by atoms with Crippen molar-refractivity contribution in [3.8, 4) is 0 Å². The van der Waals surface area contributed by atoms with Gasteiger partial charge in [0.05, 0.1) is 28.2 Å². The zero-order valence-electron chi connectivity index (χ0n) is 18.2. The Morgan fingerprint density at radius 2 is 1.82 bits per heavy atom. The van der Waals surface area contributed by atoms with E-state index < -0.39 is 34.2 Å². The predicted molar refractivity (Wildman–Crippen MR) is 125 cm³/mol. The van der Waals surface area contributed by atoms with Crippen molar-refractivity contribution in [1.82, 2.24) is 5.32 Å². The second-order valence-electron chi connectivity index (χ2n) is 7.35. The first kappa shape index (κ1) is 25.7. The number of hydrogen-bond donors (Lipinski definition) is 1. The van der Waals surface area contributed by atoms with Gasteiger partial charge in [0.2, 0.25) is 5.91 Å². The van der Waals surface area contributed by atoms with Crippen molar-refractivity contribution in [3.05, 3.63) is 83.8 Å². The molecule has 182 valence electrons. The van der Waals surface area contributed by atoms with Gasteiger partial charge in [-0.1, -0.05) is 23.8 Å². The second kappa shape index (κ2) is 11.0. The molecule has 0 unspecified atom stereocenters. The van der Waals surface area contributed by atoms with E-state index in [1.54, 1.807) is 31.4 Å². The molecular formula is C23H23F3N2O4S2. The van der Waals surface area contributed by atoms with Crippen LogP contribution in [0.2, 0.25) is 0 Å². The van der Waals surface area contributed by atoms with Crippen LogP contribution in [0.25, 0.3) is 0 Å². The summed E-state index contributed by atoms with van der Waals surface area (Å²) in [7, 11) is -4.31. The van der Waals surface area contributed by atoms with Crippen LogP contribution < -0.4 is 9.62 Å². The van der Waals surface area contributed by atoms with E-state index in [2.05, 4.69) is 5.32 Å². The maximum atomic E-state index is 13.3. The summed E-state index contributed by atoms with van der Waals surface area (Å²) in [6.07, 6.45) is -3.10. The fraction of sp³-hybridized carbons (Fsp3) is 0.261. The van der Waals surface area contributed by atoms with Gasteiger partial charge >= 0.3 is 6.18 Å². The van der Waals surface area contributed by atoms with Crippen molar-refractivity contribution in [2.24, 2.45) is 0 Å². The molecule has 0 spiro atoms. The predicted octanol–water partition coefficient (Wildman–Crippen LogP) is 4.85. The van der Waals surface area contributed by atoms with Gasteiger partial charge < -0.3 is 9.73 Å². The number of carbonyl (C=O) groups is 1. The second-order valence-corrected chi connectivity index (χ2v) is 10.3. The average Bonchev–Trinajstić information content (AvgIpc) is 3.30. The molecule has 0 fully saturated rings. The molecule has 0 bridgehead atoms. The zero-order chi connectivity index (χ0) is 24.8. The van der Waals surface area contributed by atoms with Gasteiger partial charge in [0.15, 0.2) is 0 Å². The number of benzene rings is 2. The summed E-state index contributed by atoms with van der Waals surface area (Å²) in [5, 5.41) is 2.62. The van der Waals surface area contributed by atoms with Gasteiger partial charge in [-0.05, 0) is 49.4 Å². The number of amides is 1. The molecule has 34 heavy (non-hydrogen) atoms. The number of hydrogen-bond acceptors (Lipinski definition) is 5. The molecule has 0 atom stereocenters. The SMILES string of the molecule is Cc1ccc(S(=O)(=O)N(CC(=O)NCCSCc2ccco2)c2cccc(C(F)(F)F)c2)cc1. The molecule has 2 aromatic carbocycles. The Hall–Kier alpha value is -2.92. The molecule has 1 aromatic heterocycles. The van der Waals surface area contributed by atoms with Crippen LogP contribution in [0, 0.1) is 6.92 Å². The molecule has 0 aliphatic rings. The molecule has 3 aromatic rings. The summed E-state index contributed by atoms with van der Waals surface area (Å²) in [4.78, 5) is 12.4. The van der Waals surface area contributed by atoms with Gasteiger partial charge in [-0.2, -0.15) is 24.9 Å². The van der Waals surface area contributed by atoms with Crippen LogP contribution in [0.3, 0.4) is 0 Å². The van der Waals surface area contributed by atoms with Crippen LogP contribution in [-0.2, 0) is 26.7 Å². The number of sulfonamides is 1. The molecule has 0 saturated heterocycles. The van der Waals surface area contributed by atoms with Gasteiger partial charge in [0, 0.05) is 12.3 Å². The van der Waals surface area contributed by atoms with Crippen molar-refractivity contribution in [2.45, 2.75) is 23.7 Å². The molecule has 1 heterocycles. The smallest absolute Gasteiger partial charge is 0.416 e. The Bertz CT molecular complexity index is 1200. The van der Waals surface area contributed by atoms with Crippen molar-refractivity contribution in [1.29, 1.82) is 0 Å². The normalized spacial score (nSPS) is 11.9. The zero-order valence-corrected chi connectivity index (χ0v) is 19.8. The monoisotopic (exact) mass is 512 g/mol. The van der Waals surface area contributed by atoms with Crippen molar-refractivity contribution in [2.75, 3.05) is 23.1 Å². The van der Waals surface area contributed by atoms with Gasteiger partial charge in [0.1, 0.15) is 12.3 Å². The first-order valence-corrected chi connectivity index (χ1v) is 12.8. The number of nitrogens with zero attached hydrogens (tertiary/aromatic N) is 1. The number of furan rings is 1. The van der Waals surface area contributed by atoms with E-state index in [1.165, 1.54) is 30.0 Å². The Labute approximate surface area is 200 Å². The number of anilines is 1. The molecule has 3 rings (SSSR count). The van der Waals surface area contributed by atoms with Crippen molar-refractivity contribution >= 4 is 33.4 Å². The average molecular weight is 513 g/mol. The van der Waals surface area contributed by atoms with Crippen LogP contribution in [0.15, 0.2) is 76.2 Å². The lowest BCUT2D eigenvalue weighted by molar-refractivity contribution is -0.137. The van der Waals surface area contributed by atoms with E-state index in [9.17, 15) is 26.4 Å². The molecule has 6 nitrogen and oxygen atoms in total. The third kappa shape index (κ3) is 6.80. The number of alkyl halides is 3. The number of carbonyl (C=O) groups excluding carboxylic acids is 1. The summed E-state index contributed by atoms with van der Waals surface area (Å²) >= 11 is 1.51. The van der Waals surface area contributed by atoms with Crippen LogP contribution in [0.1, 0.15) is 16.9 Å². The minimum Gasteiger partial charge on any atom is -0.468 e. The molecule has 1 N–H and O–H groups in total. The minimum atomic E-state index is -4.66. The fourth-order valence-corrected chi connectivity index (χ4v) is 5.18. The van der Waals surface area contributed by atoms with Crippen LogP contribution in [0.4, 0.5) is 18.9 Å². The van der Waals surface area contributed by atoms with Gasteiger partial charge in [0.25, 0.3) is 10.0 Å². The number of halogens is 3. The summed E-state index contributed by atoms with van der Waals surface area (Å²) in [6.45, 7) is 1.36. The summed E-state index contributed by atoms with van der Waals surface area (Å²) in [5.74, 6) is 1.31. The van der Waals surface area contributed by atoms with Gasteiger partial charge in [-0.3, -0.25) is 9.10 Å². The highest BCUT2D eigenvalue weighted by atomic mass is 32.2. The highest BCUT2D eigenvalue weighted by Crippen LogP contribution is 2.33. The van der Waals surface area contributed by atoms with Crippen LogP contribution >= 0.6 is 11.8 Å². The van der Waals surface area contributed by atoms with Crippen molar-refractivity contribution in [3.63, 3.8) is 0 Å². The largest absolute Gasteiger partial charge is 0.468 e. The van der Waals surface area contributed by atoms with Gasteiger partial charge in [-0.15, -0.1) is 0 Å². The highest BCUT2D eigenvalue weighted by molar-refractivity contribution is 7.98. The third-order valence-electron chi connectivity index (χ3n) is 4.75. The maximum absolute atomic E-state index is 13.3. The first-order valence-electron chi connectivity index (χ1n) is 10.2. The number of thioether (sulfide) groups is 1. The summed E-state index contributed by atoms with van der Waals surface area (Å²) in [6, 6.07) is 13.4. The molecule has 0 saturated carbocycles. The van der Waals surface area contributed by atoms with E-state index in [-0.39, 0.29) is 17.1 Å². The van der Waals surface area contributed by atoms with E-state index in [1.807, 2.05) is 6.07 Å². The lowest BCUT2D eigenvalue weighted by Crippen LogP contribution is -2.41. The Morgan fingerprint density at radius 3 is 2.47 bits per heavy atom. The van der Waals surface area contributed by atoms with E-state index in [0.29, 0.717) is 15.8 Å².